The Balaban J connectivity index is 2.13. The molecule has 1 atom stereocenters. The van der Waals surface area contributed by atoms with E-state index in [1.54, 1.807) is 12.1 Å². The van der Waals surface area contributed by atoms with E-state index in [-0.39, 0.29) is 36.4 Å². The van der Waals surface area contributed by atoms with Crippen molar-refractivity contribution in [2.75, 3.05) is 13.2 Å². The number of phenolic OH excluding ortho intramolecular Hbond substituents is 1. The van der Waals surface area contributed by atoms with Crippen molar-refractivity contribution >= 4 is 11.9 Å². The molecule has 1 unspecified atom stereocenters. The minimum absolute atomic E-state index is 0.0792. The monoisotopic (exact) mass is 519 g/mol. The van der Waals surface area contributed by atoms with Crippen LogP contribution in [0.15, 0.2) is 97.2 Å². The number of ether oxygens (including phenoxy) is 1. The first-order valence-electron chi connectivity index (χ1n) is 13.7. The number of carbonyl (C=O) groups is 2. The minimum atomic E-state index is -0.399. The van der Waals surface area contributed by atoms with E-state index in [4.69, 9.17) is 4.74 Å². The smallest absolute Gasteiger partial charge is 0.309 e. The highest BCUT2D eigenvalue weighted by Crippen LogP contribution is 2.15. The van der Waals surface area contributed by atoms with Gasteiger partial charge in [-0.2, -0.15) is 0 Å². The molecule has 5 heteroatoms. The zero-order valence-corrected chi connectivity index (χ0v) is 23.1. The fraction of sp³-hybridized carbons (Fsp3) is 0.394. The molecule has 2 N–H and O–H groups in total. The molecule has 1 aromatic rings. The summed E-state index contributed by atoms with van der Waals surface area (Å²) < 4.78 is 5.32. The van der Waals surface area contributed by atoms with Crippen LogP contribution in [0.5, 0.6) is 5.75 Å². The number of hydrogen-bond acceptors (Lipinski definition) is 4. The molecule has 0 spiro atoms. The molecule has 0 fully saturated rings. The maximum atomic E-state index is 12.3. The fourth-order valence-corrected chi connectivity index (χ4v) is 3.41. The van der Waals surface area contributed by atoms with Crippen LogP contribution in [0.1, 0.15) is 75.6 Å². The summed E-state index contributed by atoms with van der Waals surface area (Å²) in [4.78, 5) is 24.4. The van der Waals surface area contributed by atoms with Crippen LogP contribution < -0.4 is 5.32 Å². The molecule has 0 radical (unpaired) electrons. The second-order valence-corrected chi connectivity index (χ2v) is 8.70. The molecule has 38 heavy (non-hydrogen) atoms. The zero-order chi connectivity index (χ0) is 27.7. The molecule has 0 bridgehead atoms. The third-order valence-electron chi connectivity index (χ3n) is 5.62. The number of nitrogens with one attached hydrogen (secondary N) is 1. The van der Waals surface area contributed by atoms with E-state index < -0.39 is 5.91 Å². The van der Waals surface area contributed by atoms with Crippen LogP contribution >= 0.6 is 0 Å². The van der Waals surface area contributed by atoms with Crippen molar-refractivity contribution in [3.8, 4) is 5.75 Å². The lowest BCUT2D eigenvalue weighted by molar-refractivity contribution is -0.148. The maximum Gasteiger partial charge on any atom is 0.309 e. The molecule has 1 rings (SSSR count). The van der Waals surface area contributed by atoms with E-state index in [1.807, 2.05) is 13.0 Å². The highest BCUT2D eigenvalue weighted by atomic mass is 16.5. The van der Waals surface area contributed by atoms with Gasteiger partial charge in [0.05, 0.1) is 18.0 Å². The van der Waals surface area contributed by atoms with Crippen molar-refractivity contribution in [3.05, 3.63) is 103 Å². The summed E-state index contributed by atoms with van der Waals surface area (Å²) in [5.74, 6) is -0.939. The molecule has 1 aromatic carbocycles. The lowest BCUT2D eigenvalue weighted by atomic mass is 10.0. The summed E-state index contributed by atoms with van der Waals surface area (Å²) in [6.45, 7) is 4.39. The molecule has 0 aliphatic carbocycles. The second kappa shape index (κ2) is 22.6. The van der Waals surface area contributed by atoms with E-state index in [2.05, 4.69) is 79.1 Å². The van der Waals surface area contributed by atoms with Crippen molar-refractivity contribution in [2.24, 2.45) is 5.92 Å². The van der Waals surface area contributed by atoms with Crippen LogP contribution in [0.25, 0.3) is 0 Å². The van der Waals surface area contributed by atoms with Gasteiger partial charge in [0.2, 0.25) is 0 Å². The van der Waals surface area contributed by atoms with Crippen LogP contribution in [-0.2, 0) is 9.53 Å². The summed E-state index contributed by atoms with van der Waals surface area (Å²) in [6, 6.07) is 6.32. The summed E-state index contributed by atoms with van der Waals surface area (Å²) in [6.07, 6.45) is 33.0. The van der Waals surface area contributed by atoms with Gasteiger partial charge in [0, 0.05) is 0 Å². The zero-order valence-electron chi connectivity index (χ0n) is 23.1. The molecule has 0 saturated heterocycles. The lowest BCUT2D eigenvalue weighted by Crippen LogP contribution is -2.29. The number of phenols is 1. The van der Waals surface area contributed by atoms with Gasteiger partial charge in [-0.3, -0.25) is 9.59 Å². The number of hydrogen-bond donors (Lipinski definition) is 2. The molecule has 0 aliphatic heterocycles. The fourth-order valence-electron chi connectivity index (χ4n) is 3.41. The standard InChI is InChI=1S/C33H45NO4/c1-3-5-6-7-8-9-10-11-12-13-14-15-16-17-18-19-20-21-24-29(4-2)33(37)38-28-27-34-32(36)30-25-22-23-26-31(30)35/h5-6,8-9,11-12,14-15,17-18,20-23,25-26,29,35H,3-4,7,10,13,16,19,24,27-28H2,1-2H3,(H,34,36). The largest absolute Gasteiger partial charge is 0.507 e. The van der Waals surface area contributed by atoms with Crippen molar-refractivity contribution < 1.29 is 19.4 Å². The third kappa shape index (κ3) is 16.2. The Kier molecular flexibility index (Phi) is 19.3. The molecule has 206 valence electrons. The summed E-state index contributed by atoms with van der Waals surface area (Å²) in [7, 11) is 0. The Morgan fingerprint density at radius 3 is 1.79 bits per heavy atom. The van der Waals surface area contributed by atoms with Gasteiger partial charge in [-0.25, -0.2) is 0 Å². The second-order valence-electron chi connectivity index (χ2n) is 8.70. The number of benzene rings is 1. The molecule has 5 nitrogen and oxygen atoms in total. The lowest BCUT2D eigenvalue weighted by Gasteiger charge is -2.13. The first-order chi connectivity index (χ1) is 18.6. The van der Waals surface area contributed by atoms with Crippen molar-refractivity contribution in [1.29, 1.82) is 0 Å². The first kappa shape index (κ1) is 32.4. The van der Waals surface area contributed by atoms with Crippen LogP contribution in [-0.4, -0.2) is 30.1 Å². The number of aromatic hydroxyl groups is 1. The van der Waals surface area contributed by atoms with Gasteiger partial charge in [-0.15, -0.1) is 0 Å². The normalized spacial score (nSPS) is 13.1. The average Bonchev–Trinajstić information content (AvgIpc) is 2.92. The van der Waals surface area contributed by atoms with Crippen LogP contribution in [0, 0.1) is 5.92 Å². The Morgan fingerprint density at radius 2 is 1.29 bits per heavy atom. The molecule has 0 heterocycles. The van der Waals surface area contributed by atoms with E-state index >= 15 is 0 Å². The van der Waals surface area contributed by atoms with E-state index in [1.165, 1.54) is 12.1 Å². The number of allylic oxidation sites excluding steroid dienone is 12. The van der Waals surface area contributed by atoms with Gasteiger partial charge in [-0.1, -0.05) is 98.9 Å². The number of rotatable bonds is 19. The molecule has 0 saturated carbocycles. The summed E-state index contributed by atoms with van der Waals surface area (Å²) >= 11 is 0. The highest BCUT2D eigenvalue weighted by molar-refractivity contribution is 5.96. The van der Waals surface area contributed by atoms with Gasteiger partial charge in [0.15, 0.2) is 0 Å². The number of carbonyl (C=O) groups excluding carboxylic acids is 2. The van der Waals surface area contributed by atoms with Gasteiger partial charge < -0.3 is 15.2 Å². The molecular formula is C33H45NO4. The van der Waals surface area contributed by atoms with Crippen molar-refractivity contribution in [2.45, 2.75) is 65.2 Å². The van der Waals surface area contributed by atoms with E-state index in [9.17, 15) is 14.7 Å². The van der Waals surface area contributed by atoms with E-state index in [0.29, 0.717) is 12.8 Å². The van der Waals surface area contributed by atoms with Gasteiger partial charge in [0.1, 0.15) is 12.4 Å². The average molecular weight is 520 g/mol. The van der Waals surface area contributed by atoms with Gasteiger partial charge in [0.25, 0.3) is 5.91 Å². The Hall–Kier alpha value is -3.60. The SMILES string of the molecule is CCC=CCC=CCC=CCC=CCC=CCC=CCC(CC)C(=O)OCCNC(=O)c1ccccc1O. The topological polar surface area (TPSA) is 75.6 Å². The number of esters is 1. The Labute approximate surface area is 229 Å². The predicted molar refractivity (Wildman–Crippen MR) is 158 cm³/mol. The van der Waals surface area contributed by atoms with Crippen molar-refractivity contribution in [1.82, 2.24) is 5.32 Å². The maximum absolute atomic E-state index is 12.3. The molecule has 0 aliphatic rings. The van der Waals surface area contributed by atoms with Crippen LogP contribution in [0.4, 0.5) is 0 Å². The molecule has 1 amide bonds. The summed E-state index contributed by atoms with van der Waals surface area (Å²) in [5.41, 5.74) is 0.197. The highest BCUT2D eigenvalue weighted by Gasteiger charge is 2.16. The number of para-hydroxylation sites is 1. The summed E-state index contributed by atoms with van der Waals surface area (Å²) in [5, 5.41) is 12.4. The minimum Gasteiger partial charge on any atom is -0.507 e. The Morgan fingerprint density at radius 1 is 0.789 bits per heavy atom. The number of amides is 1. The predicted octanol–water partition coefficient (Wildman–Crippen LogP) is 7.78. The van der Waals surface area contributed by atoms with Crippen LogP contribution in [0.2, 0.25) is 0 Å². The molecular weight excluding hydrogens is 474 g/mol. The van der Waals surface area contributed by atoms with Crippen LogP contribution in [0.3, 0.4) is 0 Å². The third-order valence-corrected chi connectivity index (χ3v) is 5.62. The quantitative estimate of drug-likeness (QED) is 0.111. The van der Waals surface area contributed by atoms with Gasteiger partial charge >= 0.3 is 5.97 Å². The van der Waals surface area contributed by atoms with E-state index in [0.717, 1.165) is 38.5 Å². The van der Waals surface area contributed by atoms with Gasteiger partial charge in [-0.05, 0) is 63.5 Å². The molecule has 0 aromatic heterocycles. The van der Waals surface area contributed by atoms with Crippen molar-refractivity contribution in [3.63, 3.8) is 0 Å². The Bertz CT molecular complexity index is 969. The first-order valence-corrected chi connectivity index (χ1v) is 13.7.